The van der Waals surface area contributed by atoms with Crippen LogP contribution in [0.3, 0.4) is 0 Å². The zero-order valence-electron chi connectivity index (χ0n) is 14.4. The molecular formula is C19H21NO5. The van der Waals surface area contributed by atoms with Gasteiger partial charge in [0.2, 0.25) is 0 Å². The van der Waals surface area contributed by atoms with E-state index in [1.165, 1.54) is 13.2 Å². The minimum atomic E-state index is -1.13. The van der Waals surface area contributed by atoms with Gasteiger partial charge in [-0.05, 0) is 37.6 Å². The SMILES string of the molecule is COc1cc(C(=O)N[C@@H](C(=O)O)c2ccccc2)ccc1OC(C)C. The summed E-state index contributed by atoms with van der Waals surface area (Å²) in [5, 5.41) is 11.9. The van der Waals surface area contributed by atoms with E-state index in [0.29, 0.717) is 17.1 Å². The second-order valence-corrected chi connectivity index (χ2v) is 5.69. The van der Waals surface area contributed by atoms with E-state index in [4.69, 9.17) is 9.47 Å². The van der Waals surface area contributed by atoms with Crippen LogP contribution in [0.5, 0.6) is 11.5 Å². The van der Waals surface area contributed by atoms with Crippen LogP contribution in [0.15, 0.2) is 48.5 Å². The van der Waals surface area contributed by atoms with Crippen LogP contribution in [0.25, 0.3) is 0 Å². The summed E-state index contributed by atoms with van der Waals surface area (Å²) < 4.78 is 10.9. The quantitative estimate of drug-likeness (QED) is 0.807. The van der Waals surface area contributed by atoms with Gasteiger partial charge in [-0.15, -0.1) is 0 Å². The fourth-order valence-corrected chi connectivity index (χ4v) is 2.31. The molecule has 6 heteroatoms. The smallest absolute Gasteiger partial charge is 0.330 e. The van der Waals surface area contributed by atoms with E-state index in [1.807, 2.05) is 13.8 Å². The van der Waals surface area contributed by atoms with Crippen LogP contribution in [-0.2, 0) is 4.79 Å². The molecule has 25 heavy (non-hydrogen) atoms. The maximum Gasteiger partial charge on any atom is 0.330 e. The van der Waals surface area contributed by atoms with Crippen molar-refractivity contribution in [3.8, 4) is 11.5 Å². The van der Waals surface area contributed by atoms with Gasteiger partial charge in [-0.3, -0.25) is 4.79 Å². The Morgan fingerprint density at radius 3 is 2.28 bits per heavy atom. The average molecular weight is 343 g/mol. The van der Waals surface area contributed by atoms with E-state index in [0.717, 1.165) is 0 Å². The lowest BCUT2D eigenvalue weighted by molar-refractivity contribution is -0.139. The van der Waals surface area contributed by atoms with Gasteiger partial charge < -0.3 is 19.9 Å². The number of ether oxygens (including phenoxy) is 2. The van der Waals surface area contributed by atoms with Crippen LogP contribution >= 0.6 is 0 Å². The highest BCUT2D eigenvalue weighted by Gasteiger charge is 2.23. The Balaban J connectivity index is 2.23. The van der Waals surface area contributed by atoms with Gasteiger partial charge in [-0.1, -0.05) is 30.3 Å². The summed E-state index contributed by atoms with van der Waals surface area (Å²) >= 11 is 0. The first-order valence-corrected chi connectivity index (χ1v) is 7.85. The second kappa shape index (κ2) is 8.19. The molecule has 1 atom stereocenters. The molecule has 0 fully saturated rings. The predicted molar refractivity (Wildman–Crippen MR) is 93.0 cm³/mol. The van der Waals surface area contributed by atoms with Gasteiger partial charge in [0.25, 0.3) is 5.91 Å². The largest absolute Gasteiger partial charge is 0.493 e. The van der Waals surface area contributed by atoms with Crippen LogP contribution in [0, 0.1) is 0 Å². The first-order chi connectivity index (χ1) is 11.9. The lowest BCUT2D eigenvalue weighted by atomic mass is 10.1. The third-order valence-corrected chi connectivity index (χ3v) is 3.44. The molecule has 0 unspecified atom stereocenters. The number of carboxylic acids is 1. The standard InChI is InChI=1S/C19H21NO5/c1-12(2)25-15-10-9-14(11-16(15)24-3)18(21)20-17(19(22)23)13-7-5-4-6-8-13/h4-12,17H,1-3H3,(H,20,21)(H,22,23)/t17-/m1/s1. The number of nitrogens with one attached hydrogen (secondary N) is 1. The van der Waals surface area contributed by atoms with Crippen molar-refractivity contribution < 1.29 is 24.2 Å². The molecule has 2 N–H and O–H groups in total. The average Bonchev–Trinajstić information content (AvgIpc) is 2.59. The molecule has 6 nitrogen and oxygen atoms in total. The van der Waals surface area contributed by atoms with Crippen molar-refractivity contribution in [2.45, 2.75) is 26.0 Å². The first kappa shape index (κ1) is 18.3. The number of carboxylic acid groups (broad SMARTS) is 1. The van der Waals surface area contributed by atoms with Crippen LogP contribution in [-0.4, -0.2) is 30.2 Å². The zero-order chi connectivity index (χ0) is 18.4. The summed E-state index contributed by atoms with van der Waals surface area (Å²) in [6, 6.07) is 12.1. The highest BCUT2D eigenvalue weighted by Crippen LogP contribution is 2.29. The third kappa shape index (κ3) is 4.73. The molecule has 2 rings (SSSR count). The molecule has 0 saturated carbocycles. The summed E-state index contributed by atoms with van der Waals surface area (Å²) in [6.45, 7) is 3.77. The van der Waals surface area contributed by atoms with E-state index in [1.54, 1.807) is 42.5 Å². The van der Waals surface area contributed by atoms with Crippen molar-refractivity contribution >= 4 is 11.9 Å². The number of hydrogen-bond acceptors (Lipinski definition) is 4. The molecular weight excluding hydrogens is 322 g/mol. The van der Waals surface area contributed by atoms with E-state index in [2.05, 4.69) is 5.32 Å². The molecule has 2 aromatic carbocycles. The van der Waals surface area contributed by atoms with Gasteiger partial charge in [0.1, 0.15) is 0 Å². The van der Waals surface area contributed by atoms with Crippen LogP contribution in [0.2, 0.25) is 0 Å². The zero-order valence-corrected chi connectivity index (χ0v) is 14.4. The first-order valence-electron chi connectivity index (χ1n) is 7.85. The van der Waals surface area contributed by atoms with Crippen LogP contribution in [0.1, 0.15) is 35.8 Å². The molecule has 0 bridgehead atoms. The van der Waals surface area contributed by atoms with Crippen molar-refractivity contribution in [2.75, 3.05) is 7.11 Å². The monoisotopic (exact) mass is 343 g/mol. The highest BCUT2D eigenvalue weighted by atomic mass is 16.5. The van der Waals surface area contributed by atoms with E-state index in [-0.39, 0.29) is 11.7 Å². The number of methoxy groups -OCH3 is 1. The maximum atomic E-state index is 12.5. The maximum absolute atomic E-state index is 12.5. The van der Waals surface area contributed by atoms with Gasteiger partial charge in [0.05, 0.1) is 13.2 Å². The van der Waals surface area contributed by atoms with E-state index < -0.39 is 17.9 Å². The molecule has 0 aliphatic rings. The molecule has 0 aliphatic heterocycles. The summed E-state index contributed by atoms with van der Waals surface area (Å²) in [7, 11) is 1.48. The Hall–Kier alpha value is -3.02. The van der Waals surface area contributed by atoms with Crippen LogP contribution in [0.4, 0.5) is 0 Å². The Kier molecular flexibility index (Phi) is 6.00. The molecule has 0 heterocycles. The van der Waals surface area contributed by atoms with Gasteiger partial charge in [0.15, 0.2) is 17.5 Å². The van der Waals surface area contributed by atoms with Crippen LogP contribution < -0.4 is 14.8 Å². The lowest BCUT2D eigenvalue weighted by Gasteiger charge is -2.17. The van der Waals surface area contributed by atoms with Gasteiger partial charge in [-0.25, -0.2) is 4.79 Å². The number of amides is 1. The molecule has 1 amide bonds. The summed E-state index contributed by atoms with van der Waals surface area (Å²) in [6.07, 6.45) is -0.0388. The van der Waals surface area contributed by atoms with Crippen molar-refractivity contribution in [1.82, 2.24) is 5.32 Å². The fourth-order valence-electron chi connectivity index (χ4n) is 2.31. The number of carbonyl (C=O) groups excluding carboxylic acids is 1. The Bertz CT molecular complexity index is 743. The Labute approximate surface area is 146 Å². The predicted octanol–water partition coefficient (Wildman–Crippen LogP) is 3.04. The lowest BCUT2D eigenvalue weighted by Crippen LogP contribution is -2.33. The summed E-state index contributed by atoms with van der Waals surface area (Å²) in [5.74, 6) is -0.711. The normalized spacial score (nSPS) is 11.7. The molecule has 2 aromatic rings. The Morgan fingerprint density at radius 1 is 1.04 bits per heavy atom. The topological polar surface area (TPSA) is 84.9 Å². The number of aliphatic carboxylic acids is 1. The van der Waals surface area contributed by atoms with Gasteiger partial charge >= 0.3 is 5.97 Å². The van der Waals surface area contributed by atoms with Crippen molar-refractivity contribution in [2.24, 2.45) is 0 Å². The molecule has 0 aromatic heterocycles. The minimum Gasteiger partial charge on any atom is -0.493 e. The molecule has 0 radical (unpaired) electrons. The van der Waals surface area contributed by atoms with E-state index in [9.17, 15) is 14.7 Å². The number of benzene rings is 2. The second-order valence-electron chi connectivity index (χ2n) is 5.69. The molecule has 132 valence electrons. The molecule has 0 spiro atoms. The fraction of sp³-hybridized carbons (Fsp3) is 0.263. The number of rotatable bonds is 7. The van der Waals surface area contributed by atoms with E-state index >= 15 is 0 Å². The molecule has 0 saturated heterocycles. The van der Waals surface area contributed by atoms with Gasteiger partial charge in [-0.2, -0.15) is 0 Å². The summed E-state index contributed by atoms with van der Waals surface area (Å²) in [4.78, 5) is 24.0. The van der Waals surface area contributed by atoms with Gasteiger partial charge in [0, 0.05) is 5.56 Å². The number of carbonyl (C=O) groups is 2. The van der Waals surface area contributed by atoms with Crippen molar-refractivity contribution in [1.29, 1.82) is 0 Å². The highest BCUT2D eigenvalue weighted by molar-refractivity contribution is 5.97. The summed E-state index contributed by atoms with van der Waals surface area (Å²) in [5.41, 5.74) is 0.783. The van der Waals surface area contributed by atoms with Crippen molar-refractivity contribution in [3.63, 3.8) is 0 Å². The minimum absolute atomic E-state index is 0.0388. The number of hydrogen-bond donors (Lipinski definition) is 2. The van der Waals surface area contributed by atoms with Crippen molar-refractivity contribution in [3.05, 3.63) is 59.7 Å². The Morgan fingerprint density at radius 2 is 1.72 bits per heavy atom. The third-order valence-electron chi connectivity index (χ3n) is 3.44. The molecule has 0 aliphatic carbocycles.